The third kappa shape index (κ3) is 4.08. The number of hydrogen-bond donors (Lipinski definition) is 1. The molecule has 2 heterocycles. The zero-order chi connectivity index (χ0) is 13.5. The van der Waals surface area contributed by atoms with Crippen LogP contribution in [-0.2, 0) is 9.53 Å². The molecular formula is C14H22N2O3. The van der Waals surface area contributed by atoms with Crippen LogP contribution < -0.4 is 5.32 Å². The average Bonchev–Trinajstić information content (AvgIpc) is 2.94. The highest BCUT2D eigenvalue weighted by Gasteiger charge is 2.24. The lowest BCUT2D eigenvalue weighted by Crippen LogP contribution is -2.43. The van der Waals surface area contributed by atoms with E-state index in [1.165, 1.54) is 0 Å². The van der Waals surface area contributed by atoms with Crippen molar-refractivity contribution in [1.82, 2.24) is 10.2 Å². The van der Waals surface area contributed by atoms with Gasteiger partial charge in [0.15, 0.2) is 0 Å². The van der Waals surface area contributed by atoms with Gasteiger partial charge in [-0.05, 0) is 18.6 Å². The Morgan fingerprint density at radius 2 is 2.26 bits per heavy atom. The largest absolute Gasteiger partial charge is 0.468 e. The quantitative estimate of drug-likeness (QED) is 0.849. The Kier molecular flexibility index (Phi) is 5.42. The van der Waals surface area contributed by atoms with E-state index in [0.29, 0.717) is 13.0 Å². The molecule has 1 fully saturated rings. The maximum absolute atomic E-state index is 11.6. The molecule has 1 aromatic rings. The topological polar surface area (TPSA) is 54.7 Å². The van der Waals surface area contributed by atoms with Crippen LogP contribution in [0, 0.1) is 0 Å². The van der Waals surface area contributed by atoms with Crippen molar-refractivity contribution in [2.75, 3.05) is 32.8 Å². The van der Waals surface area contributed by atoms with E-state index in [1.54, 1.807) is 6.26 Å². The summed E-state index contributed by atoms with van der Waals surface area (Å²) in [4.78, 5) is 13.9. The van der Waals surface area contributed by atoms with Crippen molar-refractivity contribution in [3.05, 3.63) is 24.2 Å². The molecule has 0 spiro atoms. The third-order valence-corrected chi connectivity index (χ3v) is 3.33. The molecule has 1 amide bonds. The summed E-state index contributed by atoms with van der Waals surface area (Å²) in [5, 5.41) is 2.99. The van der Waals surface area contributed by atoms with Gasteiger partial charge in [-0.25, -0.2) is 0 Å². The number of ether oxygens (including phenoxy) is 1. The van der Waals surface area contributed by atoms with Crippen LogP contribution in [0.5, 0.6) is 0 Å². The van der Waals surface area contributed by atoms with Crippen LogP contribution in [0.15, 0.2) is 22.8 Å². The fourth-order valence-electron chi connectivity index (χ4n) is 2.31. The van der Waals surface area contributed by atoms with Crippen molar-refractivity contribution in [3.8, 4) is 0 Å². The number of morpholine rings is 1. The maximum Gasteiger partial charge on any atom is 0.220 e. The van der Waals surface area contributed by atoms with Crippen LogP contribution in [0.1, 0.15) is 31.6 Å². The number of amides is 1. The molecule has 0 aliphatic carbocycles. The van der Waals surface area contributed by atoms with Crippen molar-refractivity contribution < 1.29 is 13.9 Å². The summed E-state index contributed by atoms with van der Waals surface area (Å²) >= 11 is 0. The van der Waals surface area contributed by atoms with Crippen LogP contribution in [0.4, 0.5) is 0 Å². The predicted octanol–water partition coefficient (Wildman–Crippen LogP) is 1.57. The summed E-state index contributed by atoms with van der Waals surface area (Å²) in [7, 11) is 0. The lowest BCUT2D eigenvalue weighted by Gasteiger charge is -2.33. The Morgan fingerprint density at radius 1 is 1.47 bits per heavy atom. The second-order valence-corrected chi connectivity index (χ2v) is 4.73. The Hall–Kier alpha value is -1.33. The van der Waals surface area contributed by atoms with Crippen LogP contribution >= 0.6 is 0 Å². The van der Waals surface area contributed by atoms with Gasteiger partial charge in [-0.15, -0.1) is 0 Å². The summed E-state index contributed by atoms with van der Waals surface area (Å²) in [5.74, 6) is 1.01. The smallest absolute Gasteiger partial charge is 0.220 e. The lowest BCUT2D eigenvalue weighted by molar-refractivity contribution is -0.121. The molecule has 1 N–H and O–H groups in total. The summed E-state index contributed by atoms with van der Waals surface area (Å²) in [6, 6.07) is 3.95. The minimum absolute atomic E-state index is 0.0970. The highest BCUT2D eigenvalue weighted by molar-refractivity contribution is 5.75. The first-order valence-electron chi connectivity index (χ1n) is 6.93. The average molecular weight is 266 g/mol. The SMILES string of the molecule is CCCC(=O)NC[C@H](c1ccco1)N1CCOCC1. The first kappa shape index (κ1) is 14.1. The number of carbonyl (C=O) groups is 1. The fraction of sp³-hybridized carbons (Fsp3) is 0.643. The zero-order valence-electron chi connectivity index (χ0n) is 11.4. The van der Waals surface area contributed by atoms with Gasteiger partial charge in [-0.1, -0.05) is 6.92 Å². The van der Waals surface area contributed by atoms with Crippen molar-refractivity contribution in [2.24, 2.45) is 0 Å². The van der Waals surface area contributed by atoms with Crippen LogP contribution in [-0.4, -0.2) is 43.7 Å². The second kappa shape index (κ2) is 7.31. The molecule has 106 valence electrons. The van der Waals surface area contributed by atoms with E-state index in [1.807, 2.05) is 19.1 Å². The van der Waals surface area contributed by atoms with Crippen molar-refractivity contribution >= 4 is 5.91 Å². The van der Waals surface area contributed by atoms with E-state index in [0.717, 1.165) is 38.5 Å². The highest BCUT2D eigenvalue weighted by Crippen LogP contribution is 2.21. The molecule has 1 saturated heterocycles. The number of hydrogen-bond acceptors (Lipinski definition) is 4. The molecule has 1 atom stereocenters. The Balaban J connectivity index is 1.96. The van der Waals surface area contributed by atoms with Crippen LogP contribution in [0.2, 0.25) is 0 Å². The first-order chi connectivity index (χ1) is 9.31. The Labute approximate surface area is 113 Å². The normalized spacial score (nSPS) is 18.2. The van der Waals surface area contributed by atoms with Gasteiger partial charge in [-0.2, -0.15) is 0 Å². The molecule has 19 heavy (non-hydrogen) atoms. The van der Waals surface area contributed by atoms with Gasteiger partial charge >= 0.3 is 0 Å². The molecular weight excluding hydrogens is 244 g/mol. The third-order valence-electron chi connectivity index (χ3n) is 3.33. The number of nitrogens with one attached hydrogen (secondary N) is 1. The van der Waals surface area contributed by atoms with Crippen molar-refractivity contribution in [2.45, 2.75) is 25.8 Å². The number of carbonyl (C=O) groups excluding carboxylic acids is 1. The Bertz CT molecular complexity index is 372. The van der Waals surface area contributed by atoms with Gasteiger partial charge in [0.05, 0.1) is 25.5 Å². The molecule has 1 aromatic heterocycles. The monoisotopic (exact) mass is 266 g/mol. The fourth-order valence-corrected chi connectivity index (χ4v) is 2.31. The molecule has 5 nitrogen and oxygen atoms in total. The first-order valence-corrected chi connectivity index (χ1v) is 6.93. The summed E-state index contributed by atoms with van der Waals surface area (Å²) in [6.07, 6.45) is 3.12. The minimum atomic E-state index is 0.0970. The number of nitrogens with zero attached hydrogens (tertiary/aromatic N) is 1. The predicted molar refractivity (Wildman–Crippen MR) is 71.8 cm³/mol. The summed E-state index contributed by atoms with van der Waals surface area (Å²) in [6.45, 7) is 5.81. The lowest BCUT2D eigenvalue weighted by atomic mass is 10.1. The molecule has 0 bridgehead atoms. The van der Waals surface area contributed by atoms with E-state index in [9.17, 15) is 4.79 Å². The van der Waals surface area contributed by atoms with E-state index in [-0.39, 0.29) is 11.9 Å². The summed E-state index contributed by atoms with van der Waals surface area (Å²) < 4.78 is 10.9. The second-order valence-electron chi connectivity index (χ2n) is 4.73. The molecule has 0 radical (unpaired) electrons. The van der Waals surface area contributed by atoms with Crippen LogP contribution in [0.3, 0.4) is 0 Å². The van der Waals surface area contributed by atoms with E-state index in [4.69, 9.17) is 9.15 Å². The van der Waals surface area contributed by atoms with Gasteiger partial charge in [0.1, 0.15) is 5.76 Å². The molecule has 2 rings (SSSR count). The molecule has 0 unspecified atom stereocenters. The zero-order valence-corrected chi connectivity index (χ0v) is 11.4. The van der Waals surface area contributed by atoms with E-state index >= 15 is 0 Å². The molecule has 1 aliphatic rings. The standard InChI is InChI=1S/C14H22N2O3/c1-2-4-14(17)15-11-12(13-5-3-8-19-13)16-6-9-18-10-7-16/h3,5,8,12H,2,4,6-7,9-11H2,1H3,(H,15,17)/t12-/m1/s1. The van der Waals surface area contributed by atoms with E-state index in [2.05, 4.69) is 10.2 Å². The number of furan rings is 1. The van der Waals surface area contributed by atoms with Crippen molar-refractivity contribution in [3.63, 3.8) is 0 Å². The maximum atomic E-state index is 11.6. The highest BCUT2D eigenvalue weighted by atomic mass is 16.5. The van der Waals surface area contributed by atoms with Gasteiger partial charge in [0.25, 0.3) is 0 Å². The van der Waals surface area contributed by atoms with Gasteiger partial charge in [0, 0.05) is 26.1 Å². The van der Waals surface area contributed by atoms with Crippen LogP contribution in [0.25, 0.3) is 0 Å². The molecule has 5 heteroatoms. The van der Waals surface area contributed by atoms with Crippen molar-refractivity contribution in [1.29, 1.82) is 0 Å². The van der Waals surface area contributed by atoms with Gasteiger partial charge in [0.2, 0.25) is 5.91 Å². The van der Waals surface area contributed by atoms with Gasteiger partial charge < -0.3 is 14.5 Å². The van der Waals surface area contributed by atoms with E-state index < -0.39 is 0 Å². The Morgan fingerprint density at radius 3 is 2.89 bits per heavy atom. The molecule has 1 aliphatic heterocycles. The minimum Gasteiger partial charge on any atom is -0.468 e. The molecule has 0 aromatic carbocycles. The van der Waals surface area contributed by atoms with Gasteiger partial charge in [-0.3, -0.25) is 9.69 Å². The summed E-state index contributed by atoms with van der Waals surface area (Å²) in [5.41, 5.74) is 0. The number of rotatable bonds is 6. The molecule has 0 saturated carbocycles.